The number of likely N-dealkylation sites (tertiary alicyclic amines) is 1. The summed E-state index contributed by atoms with van der Waals surface area (Å²) in [5, 5.41) is 3.04. The van der Waals surface area contributed by atoms with Crippen LogP contribution in [0.2, 0.25) is 0 Å². The average Bonchev–Trinajstić information content (AvgIpc) is 3.16. The summed E-state index contributed by atoms with van der Waals surface area (Å²) in [6.07, 6.45) is 6.25. The fourth-order valence-electron chi connectivity index (χ4n) is 5.09. The number of nitrogens with one attached hydrogen (secondary N) is 1. The molecule has 3 aliphatic rings. The van der Waals surface area contributed by atoms with Gasteiger partial charge in [-0.3, -0.25) is 14.4 Å². The summed E-state index contributed by atoms with van der Waals surface area (Å²) in [4.78, 5) is 44.7. The Kier molecular flexibility index (Phi) is 4.69. The van der Waals surface area contributed by atoms with Crippen LogP contribution in [0.4, 0.5) is 0 Å². The first kappa shape index (κ1) is 19.9. The zero-order chi connectivity index (χ0) is 21.8. The topological polar surface area (TPSA) is 93.5 Å². The number of Topliss-reactive ketones (excluding diaryl/α,β-unsaturated/α-hetero) is 1. The summed E-state index contributed by atoms with van der Waals surface area (Å²) in [6, 6.07) is 6.67. The number of aromatic nitrogens is 2. The van der Waals surface area contributed by atoms with E-state index in [9.17, 15) is 14.4 Å². The average molecular weight is 422 g/mol. The molecule has 2 saturated heterocycles. The van der Waals surface area contributed by atoms with Gasteiger partial charge in [0.05, 0.1) is 12.4 Å². The zero-order valence-corrected chi connectivity index (χ0v) is 17.7. The second-order valence-corrected chi connectivity index (χ2v) is 9.04. The van der Waals surface area contributed by atoms with Crippen molar-refractivity contribution in [3.8, 4) is 5.69 Å². The van der Waals surface area contributed by atoms with Gasteiger partial charge in [0.25, 0.3) is 5.91 Å². The van der Waals surface area contributed by atoms with Crippen LogP contribution < -0.4 is 5.32 Å². The van der Waals surface area contributed by atoms with Gasteiger partial charge in [-0.15, -0.1) is 0 Å². The van der Waals surface area contributed by atoms with E-state index in [-0.39, 0.29) is 42.1 Å². The quantitative estimate of drug-likeness (QED) is 0.790. The van der Waals surface area contributed by atoms with Crippen molar-refractivity contribution in [1.29, 1.82) is 0 Å². The van der Waals surface area contributed by atoms with E-state index in [1.807, 2.05) is 22.9 Å². The predicted octanol–water partition coefficient (Wildman–Crippen LogP) is 1.59. The minimum Gasteiger partial charge on any atom is -0.368 e. The molecule has 3 fully saturated rings. The van der Waals surface area contributed by atoms with Crippen LogP contribution in [0.5, 0.6) is 0 Å². The molecule has 3 heterocycles. The Morgan fingerprint density at radius 3 is 2.68 bits per heavy atom. The Bertz CT molecular complexity index is 1020. The molecule has 8 heteroatoms. The fourth-order valence-corrected chi connectivity index (χ4v) is 5.09. The minimum atomic E-state index is -0.952. The van der Waals surface area contributed by atoms with Gasteiger partial charge in [0.2, 0.25) is 5.91 Å². The molecule has 0 radical (unpaired) electrons. The number of hydrogen-bond acceptors (Lipinski definition) is 5. The van der Waals surface area contributed by atoms with Crippen LogP contribution in [0.3, 0.4) is 0 Å². The van der Waals surface area contributed by atoms with Gasteiger partial charge in [-0.2, -0.15) is 0 Å². The maximum Gasteiger partial charge on any atom is 0.252 e. The molecule has 1 N–H and O–H groups in total. The number of fused-ring (bicyclic) bond motifs is 1. The van der Waals surface area contributed by atoms with E-state index < -0.39 is 11.6 Å². The number of rotatable bonds is 5. The molecule has 2 unspecified atom stereocenters. The van der Waals surface area contributed by atoms with Crippen LogP contribution in [0, 0.1) is 11.8 Å². The van der Waals surface area contributed by atoms with Gasteiger partial charge < -0.3 is 19.5 Å². The van der Waals surface area contributed by atoms with Gasteiger partial charge >= 0.3 is 0 Å². The molecule has 5 rings (SSSR count). The van der Waals surface area contributed by atoms with Gasteiger partial charge in [0, 0.05) is 30.2 Å². The van der Waals surface area contributed by atoms with E-state index in [4.69, 9.17) is 4.74 Å². The maximum absolute atomic E-state index is 13.6. The van der Waals surface area contributed by atoms with Crippen molar-refractivity contribution in [1.82, 2.24) is 19.8 Å². The third-order valence-corrected chi connectivity index (χ3v) is 6.84. The van der Waals surface area contributed by atoms with Gasteiger partial charge in [0.15, 0.2) is 5.78 Å². The lowest BCUT2D eigenvalue weighted by molar-refractivity contribution is -0.139. The van der Waals surface area contributed by atoms with Crippen molar-refractivity contribution in [2.24, 2.45) is 11.8 Å². The number of nitrogens with zero attached hydrogens (tertiary/aromatic N) is 3. The molecule has 31 heavy (non-hydrogen) atoms. The number of amides is 2. The molecule has 2 aromatic rings. The highest BCUT2D eigenvalue weighted by molar-refractivity contribution is 6.03. The highest BCUT2D eigenvalue weighted by Crippen LogP contribution is 2.50. The Labute approximate surface area is 180 Å². The molecule has 1 aliphatic carbocycles. The first-order valence-corrected chi connectivity index (χ1v) is 10.8. The second kappa shape index (κ2) is 7.30. The van der Waals surface area contributed by atoms with Crippen LogP contribution in [0.15, 0.2) is 43.0 Å². The maximum atomic E-state index is 13.6. The largest absolute Gasteiger partial charge is 0.368 e. The van der Waals surface area contributed by atoms with Crippen molar-refractivity contribution in [2.45, 2.75) is 44.4 Å². The number of ketones is 1. The van der Waals surface area contributed by atoms with Crippen LogP contribution in [0.25, 0.3) is 5.69 Å². The normalized spacial score (nSPS) is 29.3. The first-order chi connectivity index (χ1) is 14.9. The van der Waals surface area contributed by atoms with Crippen LogP contribution >= 0.6 is 0 Å². The van der Waals surface area contributed by atoms with E-state index in [0.29, 0.717) is 24.9 Å². The third kappa shape index (κ3) is 3.26. The fraction of sp³-hybridized carbons (Fsp3) is 0.478. The SMILES string of the molecule is CC(C)C1CC1(NC(=O)c1ccc(-n2ccnc2)cc1)C(=O)N1CC[C@H]2OCC(=O)[C@H]21. The predicted molar refractivity (Wildman–Crippen MR) is 112 cm³/mol. The van der Waals surface area contributed by atoms with Crippen molar-refractivity contribution in [3.05, 3.63) is 48.5 Å². The molecule has 0 bridgehead atoms. The molecule has 1 aromatic carbocycles. The lowest BCUT2D eigenvalue weighted by Crippen LogP contribution is -2.55. The molecule has 1 saturated carbocycles. The summed E-state index contributed by atoms with van der Waals surface area (Å²) in [7, 11) is 0. The number of ether oxygens (including phenoxy) is 1. The molecule has 8 nitrogen and oxygen atoms in total. The number of carbonyl (C=O) groups excluding carboxylic acids is 3. The lowest BCUT2D eigenvalue weighted by Gasteiger charge is -2.29. The summed E-state index contributed by atoms with van der Waals surface area (Å²) in [6.45, 7) is 4.67. The molecule has 1 aromatic heterocycles. The van der Waals surface area contributed by atoms with Crippen molar-refractivity contribution < 1.29 is 19.1 Å². The Hall–Kier alpha value is -3.00. The van der Waals surface area contributed by atoms with E-state index in [1.54, 1.807) is 29.6 Å². The molecular formula is C23H26N4O4. The highest BCUT2D eigenvalue weighted by atomic mass is 16.5. The molecular weight excluding hydrogens is 396 g/mol. The summed E-state index contributed by atoms with van der Waals surface area (Å²) in [5.74, 6) is -0.194. The first-order valence-electron chi connectivity index (χ1n) is 10.8. The number of imidazole rings is 1. The van der Waals surface area contributed by atoms with Gasteiger partial charge in [-0.1, -0.05) is 13.8 Å². The smallest absolute Gasteiger partial charge is 0.252 e. The highest BCUT2D eigenvalue weighted by Gasteiger charge is 2.65. The molecule has 2 aliphatic heterocycles. The lowest BCUT2D eigenvalue weighted by atomic mass is 10.0. The number of benzene rings is 1. The summed E-state index contributed by atoms with van der Waals surface area (Å²) in [5.41, 5.74) is 0.436. The Balaban J connectivity index is 1.36. The van der Waals surface area contributed by atoms with E-state index in [1.165, 1.54) is 0 Å². The monoisotopic (exact) mass is 422 g/mol. The zero-order valence-electron chi connectivity index (χ0n) is 17.7. The van der Waals surface area contributed by atoms with Gasteiger partial charge in [-0.25, -0.2) is 4.98 Å². The van der Waals surface area contributed by atoms with Crippen LogP contribution in [-0.4, -0.2) is 62.9 Å². The number of carbonyl (C=O) groups is 3. The Morgan fingerprint density at radius 1 is 1.26 bits per heavy atom. The van der Waals surface area contributed by atoms with E-state index in [2.05, 4.69) is 24.1 Å². The third-order valence-electron chi connectivity index (χ3n) is 6.84. The van der Waals surface area contributed by atoms with Crippen molar-refractivity contribution in [3.63, 3.8) is 0 Å². The summed E-state index contributed by atoms with van der Waals surface area (Å²) >= 11 is 0. The van der Waals surface area contributed by atoms with E-state index >= 15 is 0 Å². The van der Waals surface area contributed by atoms with E-state index in [0.717, 1.165) is 5.69 Å². The minimum absolute atomic E-state index is 0.0469. The second-order valence-electron chi connectivity index (χ2n) is 9.04. The van der Waals surface area contributed by atoms with Crippen LogP contribution in [-0.2, 0) is 14.3 Å². The van der Waals surface area contributed by atoms with Gasteiger partial charge in [-0.05, 0) is 48.9 Å². The standard InChI is InChI=1S/C23H26N4O4/c1-14(2)17-11-23(17,22(30)27-9-7-19-20(27)18(28)12-31-19)25-21(29)15-3-5-16(6-4-15)26-10-8-24-13-26/h3-6,8,10,13-14,17,19-20H,7,9,11-12H2,1-2H3,(H,25,29)/t17?,19-,20-,23?/m1/s1. The number of hydrogen-bond donors (Lipinski definition) is 1. The van der Waals surface area contributed by atoms with Crippen molar-refractivity contribution >= 4 is 17.6 Å². The molecule has 0 spiro atoms. The molecule has 4 atom stereocenters. The van der Waals surface area contributed by atoms with Crippen molar-refractivity contribution in [2.75, 3.05) is 13.2 Å². The molecule has 2 amide bonds. The van der Waals surface area contributed by atoms with Crippen LogP contribution in [0.1, 0.15) is 37.0 Å². The Morgan fingerprint density at radius 2 is 2.03 bits per heavy atom. The summed E-state index contributed by atoms with van der Waals surface area (Å²) < 4.78 is 7.39. The molecule has 162 valence electrons. The van der Waals surface area contributed by atoms with Gasteiger partial charge in [0.1, 0.15) is 18.2 Å².